The summed E-state index contributed by atoms with van der Waals surface area (Å²) in [7, 11) is 0. The quantitative estimate of drug-likeness (QED) is 0.937. The van der Waals surface area contributed by atoms with Gasteiger partial charge in [-0.15, -0.1) is 0 Å². The van der Waals surface area contributed by atoms with Crippen molar-refractivity contribution in [3.63, 3.8) is 0 Å². The number of carbonyl (C=O) groups is 2. The fourth-order valence-electron chi connectivity index (χ4n) is 2.50. The Balaban J connectivity index is 1.90. The first-order valence-electron chi connectivity index (χ1n) is 6.85. The van der Waals surface area contributed by atoms with Gasteiger partial charge in [0.25, 0.3) is 0 Å². The Hall–Kier alpha value is -2.68. The summed E-state index contributed by atoms with van der Waals surface area (Å²) in [6, 6.07) is 16.7. The lowest BCUT2D eigenvalue weighted by Gasteiger charge is -2.20. The van der Waals surface area contributed by atoms with Crippen LogP contribution in [0.25, 0.3) is 0 Å². The summed E-state index contributed by atoms with van der Waals surface area (Å²) in [5, 5.41) is 3.12. The zero-order valence-corrected chi connectivity index (χ0v) is 11.7. The fourth-order valence-corrected chi connectivity index (χ4v) is 2.50. The molecule has 0 heterocycles. The van der Waals surface area contributed by atoms with Gasteiger partial charge >= 0.3 is 0 Å². The van der Waals surface area contributed by atoms with Crippen LogP contribution in [0, 0.1) is 0 Å². The van der Waals surface area contributed by atoms with Crippen LogP contribution in [0.3, 0.4) is 0 Å². The largest absolute Gasteiger partial charge is 0.377 e. The number of nitrogens with one attached hydrogen (secondary N) is 1. The van der Waals surface area contributed by atoms with E-state index in [4.69, 9.17) is 0 Å². The number of hydrogen-bond acceptors (Lipinski definition) is 3. The second kappa shape index (κ2) is 5.37. The van der Waals surface area contributed by atoms with E-state index >= 15 is 0 Å². The molecule has 0 saturated heterocycles. The van der Waals surface area contributed by atoms with Crippen LogP contribution in [0.4, 0.5) is 0 Å². The highest BCUT2D eigenvalue weighted by Gasteiger charge is 2.29. The van der Waals surface area contributed by atoms with Gasteiger partial charge in [-0.2, -0.15) is 0 Å². The molecule has 3 nitrogen and oxygen atoms in total. The SMILES string of the molecule is CC1=C(NCc2ccccc2)C(=O)c2ccccc2C1=O. The predicted octanol–water partition coefficient (Wildman–Crippen LogP) is 3.13. The maximum Gasteiger partial charge on any atom is 0.209 e. The molecular weight excluding hydrogens is 262 g/mol. The van der Waals surface area contributed by atoms with Gasteiger partial charge in [0.1, 0.15) is 0 Å². The van der Waals surface area contributed by atoms with Gasteiger partial charge < -0.3 is 5.32 Å². The number of Topliss-reactive ketones (excluding diaryl/α,β-unsaturated/α-hetero) is 2. The van der Waals surface area contributed by atoms with E-state index in [1.165, 1.54) is 0 Å². The van der Waals surface area contributed by atoms with Gasteiger partial charge in [-0.3, -0.25) is 9.59 Å². The van der Waals surface area contributed by atoms with Crippen LogP contribution in [0.15, 0.2) is 65.9 Å². The van der Waals surface area contributed by atoms with E-state index in [1.807, 2.05) is 30.3 Å². The molecule has 104 valence electrons. The zero-order valence-electron chi connectivity index (χ0n) is 11.7. The molecule has 0 unspecified atom stereocenters. The van der Waals surface area contributed by atoms with E-state index in [-0.39, 0.29) is 11.6 Å². The summed E-state index contributed by atoms with van der Waals surface area (Å²) >= 11 is 0. The normalized spacial score (nSPS) is 14.1. The molecule has 2 aromatic rings. The minimum atomic E-state index is -0.112. The second-order valence-electron chi connectivity index (χ2n) is 5.04. The molecule has 1 aliphatic carbocycles. The van der Waals surface area contributed by atoms with E-state index in [0.29, 0.717) is 28.9 Å². The van der Waals surface area contributed by atoms with E-state index in [9.17, 15) is 9.59 Å². The molecule has 0 bridgehead atoms. The van der Waals surface area contributed by atoms with Crippen molar-refractivity contribution in [3.8, 4) is 0 Å². The Morgan fingerprint density at radius 1 is 0.810 bits per heavy atom. The van der Waals surface area contributed by atoms with Crippen molar-refractivity contribution in [2.24, 2.45) is 0 Å². The lowest BCUT2D eigenvalue weighted by atomic mass is 9.88. The first-order valence-corrected chi connectivity index (χ1v) is 6.85. The van der Waals surface area contributed by atoms with Crippen molar-refractivity contribution in [1.29, 1.82) is 0 Å². The van der Waals surface area contributed by atoms with E-state index < -0.39 is 0 Å². The maximum absolute atomic E-state index is 12.5. The lowest BCUT2D eigenvalue weighted by Crippen LogP contribution is -2.29. The molecular formula is C18H15NO2. The first-order chi connectivity index (χ1) is 10.2. The van der Waals surface area contributed by atoms with Crippen LogP contribution in [0.2, 0.25) is 0 Å². The fraction of sp³-hybridized carbons (Fsp3) is 0.111. The second-order valence-corrected chi connectivity index (χ2v) is 5.04. The summed E-state index contributed by atoms with van der Waals surface area (Å²) in [6.07, 6.45) is 0. The Morgan fingerprint density at radius 2 is 1.38 bits per heavy atom. The Bertz CT molecular complexity index is 745. The number of fused-ring (bicyclic) bond motifs is 1. The van der Waals surface area contributed by atoms with Crippen LogP contribution >= 0.6 is 0 Å². The standard InChI is InChI=1S/C18H15NO2/c1-12-16(19-11-13-7-3-2-4-8-13)18(21)15-10-6-5-9-14(15)17(12)20/h2-10,19H,11H2,1H3. The number of benzene rings is 2. The average Bonchev–Trinajstić information content (AvgIpc) is 2.54. The molecule has 21 heavy (non-hydrogen) atoms. The van der Waals surface area contributed by atoms with E-state index in [1.54, 1.807) is 31.2 Å². The molecule has 0 spiro atoms. The van der Waals surface area contributed by atoms with Crippen LogP contribution in [0.1, 0.15) is 33.2 Å². The van der Waals surface area contributed by atoms with Gasteiger partial charge in [0.15, 0.2) is 5.78 Å². The maximum atomic E-state index is 12.5. The Kier molecular flexibility index (Phi) is 3.40. The van der Waals surface area contributed by atoms with Gasteiger partial charge in [0.05, 0.1) is 5.70 Å². The van der Waals surface area contributed by atoms with Gasteiger partial charge in [-0.05, 0) is 12.5 Å². The molecule has 0 aliphatic heterocycles. The monoisotopic (exact) mass is 277 g/mol. The Labute approximate surface area is 123 Å². The van der Waals surface area contributed by atoms with E-state index in [2.05, 4.69) is 5.32 Å². The average molecular weight is 277 g/mol. The molecule has 1 aliphatic rings. The summed E-state index contributed by atoms with van der Waals surface area (Å²) in [5.41, 5.74) is 2.92. The molecule has 0 radical (unpaired) electrons. The van der Waals surface area contributed by atoms with Crippen molar-refractivity contribution in [1.82, 2.24) is 5.32 Å². The molecule has 0 atom stereocenters. The van der Waals surface area contributed by atoms with Gasteiger partial charge in [0, 0.05) is 23.2 Å². The molecule has 0 aromatic heterocycles. The van der Waals surface area contributed by atoms with Gasteiger partial charge in [-0.1, -0.05) is 54.6 Å². The summed E-state index contributed by atoms with van der Waals surface area (Å²) in [4.78, 5) is 24.9. The molecule has 0 amide bonds. The van der Waals surface area contributed by atoms with Crippen molar-refractivity contribution in [2.45, 2.75) is 13.5 Å². The summed E-state index contributed by atoms with van der Waals surface area (Å²) in [6.45, 7) is 2.22. The van der Waals surface area contributed by atoms with Crippen molar-refractivity contribution in [3.05, 3.63) is 82.6 Å². The number of ketones is 2. The number of allylic oxidation sites excluding steroid dienone is 2. The summed E-state index contributed by atoms with van der Waals surface area (Å²) < 4.78 is 0. The highest BCUT2D eigenvalue weighted by atomic mass is 16.1. The van der Waals surface area contributed by atoms with Gasteiger partial charge in [-0.25, -0.2) is 0 Å². The topological polar surface area (TPSA) is 46.2 Å². The number of hydrogen-bond donors (Lipinski definition) is 1. The van der Waals surface area contributed by atoms with Crippen LogP contribution in [0.5, 0.6) is 0 Å². The zero-order chi connectivity index (χ0) is 14.8. The van der Waals surface area contributed by atoms with Crippen LogP contribution in [-0.4, -0.2) is 11.6 Å². The van der Waals surface area contributed by atoms with Crippen molar-refractivity contribution >= 4 is 11.6 Å². The predicted molar refractivity (Wildman–Crippen MR) is 81.1 cm³/mol. The number of rotatable bonds is 3. The molecule has 1 N–H and O–H groups in total. The minimum Gasteiger partial charge on any atom is -0.377 e. The number of carbonyl (C=O) groups excluding carboxylic acids is 2. The molecule has 2 aromatic carbocycles. The highest BCUT2D eigenvalue weighted by Crippen LogP contribution is 2.24. The smallest absolute Gasteiger partial charge is 0.209 e. The highest BCUT2D eigenvalue weighted by molar-refractivity contribution is 6.26. The van der Waals surface area contributed by atoms with Crippen LogP contribution < -0.4 is 5.32 Å². The third kappa shape index (κ3) is 2.38. The summed E-state index contributed by atoms with van der Waals surface area (Å²) in [5.74, 6) is -0.195. The van der Waals surface area contributed by atoms with E-state index in [0.717, 1.165) is 5.56 Å². The first kappa shape index (κ1) is 13.3. The molecule has 3 rings (SSSR count). The van der Waals surface area contributed by atoms with Crippen molar-refractivity contribution < 1.29 is 9.59 Å². The lowest BCUT2D eigenvalue weighted by molar-refractivity contribution is 0.0968. The molecule has 3 heteroatoms. The third-order valence-corrected chi connectivity index (χ3v) is 3.67. The Morgan fingerprint density at radius 3 is 2.05 bits per heavy atom. The minimum absolute atomic E-state index is 0.0826. The molecule has 0 fully saturated rings. The van der Waals surface area contributed by atoms with Gasteiger partial charge in [0.2, 0.25) is 5.78 Å². The molecule has 0 saturated carbocycles. The third-order valence-electron chi connectivity index (χ3n) is 3.67. The van der Waals surface area contributed by atoms with Crippen molar-refractivity contribution in [2.75, 3.05) is 0 Å². The van der Waals surface area contributed by atoms with Crippen LogP contribution in [-0.2, 0) is 6.54 Å².